The Morgan fingerprint density at radius 3 is 2.00 bits per heavy atom. The summed E-state index contributed by atoms with van der Waals surface area (Å²) in [7, 11) is 1.83. The number of hydrogen-bond acceptors (Lipinski definition) is 2. The third-order valence-electron chi connectivity index (χ3n) is 3.19. The zero-order valence-corrected chi connectivity index (χ0v) is 11.6. The summed E-state index contributed by atoms with van der Waals surface area (Å²) in [6.45, 7) is 14.7. The molecule has 0 saturated heterocycles. The molecule has 2 atom stereocenters. The second kappa shape index (κ2) is 6.49. The van der Waals surface area contributed by atoms with E-state index in [0.717, 1.165) is 6.61 Å². The molecule has 0 aromatic rings. The van der Waals surface area contributed by atoms with Crippen LogP contribution in [0.4, 0.5) is 0 Å². The van der Waals surface area contributed by atoms with Gasteiger partial charge in [0.25, 0.3) is 0 Å². The first-order valence-electron chi connectivity index (χ1n) is 6.13. The van der Waals surface area contributed by atoms with E-state index in [4.69, 9.17) is 4.84 Å². The second-order valence-corrected chi connectivity index (χ2v) is 5.82. The van der Waals surface area contributed by atoms with Gasteiger partial charge in [-0.05, 0) is 23.2 Å². The lowest BCUT2D eigenvalue weighted by molar-refractivity contribution is -0.0164. The van der Waals surface area contributed by atoms with Gasteiger partial charge in [-0.1, -0.05) is 48.0 Å². The molecule has 92 valence electrons. The third kappa shape index (κ3) is 4.98. The van der Waals surface area contributed by atoms with E-state index in [2.05, 4.69) is 47.0 Å². The first-order chi connectivity index (χ1) is 6.84. The molecule has 2 unspecified atom stereocenters. The highest BCUT2D eigenvalue weighted by atomic mass is 16.6. The van der Waals surface area contributed by atoms with Gasteiger partial charge in [-0.3, -0.25) is 0 Å². The molecule has 2 nitrogen and oxygen atoms in total. The van der Waals surface area contributed by atoms with Crippen molar-refractivity contribution in [2.24, 2.45) is 23.2 Å². The largest absolute Gasteiger partial charge is 0.302 e. The molecular formula is C13H29NO. The fourth-order valence-electron chi connectivity index (χ4n) is 2.92. The molecule has 1 N–H and O–H groups in total. The molecule has 0 aliphatic rings. The van der Waals surface area contributed by atoms with E-state index in [1.165, 1.54) is 6.42 Å². The summed E-state index contributed by atoms with van der Waals surface area (Å²) in [5.41, 5.74) is 3.13. The van der Waals surface area contributed by atoms with E-state index in [1.807, 2.05) is 7.05 Å². The highest BCUT2D eigenvalue weighted by Crippen LogP contribution is 2.39. The quantitative estimate of drug-likeness (QED) is 0.685. The average Bonchev–Trinajstić information content (AvgIpc) is 2.08. The van der Waals surface area contributed by atoms with Crippen LogP contribution in [0.3, 0.4) is 0 Å². The highest BCUT2D eigenvalue weighted by Gasteiger charge is 2.33. The molecule has 0 fully saturated rings. The smallest absolute Gasteiger partial charge is 0.0713 e. The lowest BCUT2D eigenvalue weighted by Gasteiger charge is -2.39. The van der Waals surface area contributed by atoms with Crippen LogP contribution in [0.1, 0.15) is 48.0 Å². The lowest BCUT2D eigenvalue weighted by Crippen LogP contribution is -2.35. The molecule has 0 spiro atoms. The Morgan fingerprint density at radius 1 is 1.20 bits per heavy atom. The van der Waals surface area contributed by atoms with Crippen LogP contribution in [0.15, 0.2) is 0 Å². The van der Waals surface area contributed by atoms with Crippen molar-refractivity contribution in [2.75, 3.05) is 13.7 Å². The molecule has 0 aromatic heterocycles. The van der Waals surface area contributed by atoms with Crippen LogP contribution >= 0.6 is 0 Å². The van der Waals surface area contributed by atoms with Gasteiger partial charge in [-0.25, -0.2) is 5.48 Å². The van der Waals surface area contributed by atoms with E-state index in [9.17, 15) is 0 Å². The summed E-state index contributed by atoms with van der Waals surface area (Å²) in [4.78, 5) is 5.36. The molecule has 0 aliphatic carbocycles. The van der Waals surface area contributed by atoms with Gasteiger partial charge >= 0.3 is 0 Å². The predicted molar refractivity (Wildman–Crippen MR) is 66.6 cm³/mol. The van der Waals surface area contributed by atoms with Gasteiger partial charge in [0.05, 0.1) is 6.61 Å². The van der Waals surface area contributed by atoms with Crippen molar-refractivity contribution >= 4 is 0 Å². The molecule has 0 aliphatic heterocycles. The maximum absolute atomic E-state index is 5.36. The topological polar surface area (TPSA) is 21.3 Å². The van der Waals surface area contributed by atoms with E-state index in [1.54, 1.807) is 0 Å². The first-order valence-corrected chi connectivity index (χ1v) is 6.13. The Labute approximate surface area is 95.7 Å². The maximum atomic E-state index is 5.36. The standard InChI is InChI=1S/C13H29NO/c1-8-11(9-15-14-7)12(10(2)3)13(4,5)6/h10-12,14H,8-9H2,1-7H3. The maximum Gasteiger partial charge on any atom is 0.0713 e. The molecule has 0 heterocycles. The van der Waals surface area contributed by atoms with Gasteiger partial charge in [0, 0.05) is 7.05 Å². The summed E-state index contributed by atoms with van der Waals surface area (Å²) in [5, 5.41) is 0. The Bertz CT molecular complexity index is 160. The van der Waals surface area contributed by atoms with Crippen LogP contribution in [0.5, 0.6) is 0 Å². The van der Waals surface area contributed by atoms with E-state index in [0.29, 0.717) is 23.2 Å². The highest BCUT2D eigenvalue weighted by molar-refractivity contribution is 4.82. The van der Waals surface area contributed by atoms with E-state index >= 15 is 0 Å². The van der Waals surface area contributed by atoms with Gasteiger partial charge < -0.3 is 4.84 Å². The first kappa shape index (κ1) is 14.9. The molecular weight excluding hydrogens is 186 g/mol. The molecule has 2 heteroatoms. The van der Waals surface area contributed by atoms with Crippen LogP contribution in [0, 0.1) is 23.2 Å². The average molecular weight is 215 g/mol. The number of rotatable bonds is 6. The van der Waals surface area contributed by atoms with Crippen LogP contribution in [-0.4, -0.2) is 13.7 Å². The van der Waals surface area contributed by atoms with E-state index in [-0.39, 0.29) is 0 Å². The van der Waals surface area contributed by atoms with Crippen molar-refractivity contribution in [1.29, 1.82) is 0 Å². The molecule has 0 rings (SSSR count). The van der Waals surface area contributed by atoms with Gasteiger partial charge in [0.15, 0.2) is 0 Å². The summed E-state index contributed by atoms with van der Waals surface area (Å²) in [5.74, 6) is 2.05. The van der Waals surface area contributed by atoms with Crippen molar-refractivity contribution < 1.29 is 4.84 Å². The van der Waals surface area contributed by atoms with Crippen molar-refractivity contribution in [2.45, 2.75) is 48.0 Å². The Hall–Kier alpha value is -0.0800. The van der Waals surface area contributed by atoms with Gasteiger partial charge in [0.1, 0.15) is 0 Å². The minimum Gasteiger partial charge on any atom is -0.302 e. The van der Waals surface area contributed by atoms with Crippen molar-refractivity contribution in [3.63, 3.8) is 0 Å². The minimum absolute atomic E-state index is 0.353. The van der Waals surface area contributed by atoms with Crippen LogP contribution in [0.2, 0.25) is 0 Å². The van der Waals surface area contributed by atoms with Crippen LogP contribution in [0.25, 0.3) is 0 Å². The monoisotopic (exact) mass is 215 g/mol. The predicted octanol–water partition coefficient (Wildman–Crippen LogP) is 3.48. The zero-order valence-electron chi connectivity index (χ0n) is 11.6. The van der Waals surface area contributed by atoms with Gasteiger partial charge in [0.2, 0.25) is 0 Å². The molecule has 15 heavy (non-hydrogen) atoms. The van der Waals surface area contributed by atoms with Gasteiger partial charge in [-0.2, -0.15) is 0 Å². The normalized spacial score (nSPS) is 16.8. The molecule has 0 bridgehead atoms. The van der Waals surface area contributed by atoms with E-state index < -0.39 is 0 Å². The molecule has 0 radical (unpaired) electrons. The number of hydrogen-bond donors (Lipinski definition) is 1. The Morgan fingerprint density at radius 2 is 1.73 bits per heavy atom. The Kier molecular flexibility index (Phi) is 6.46. The molecule has 0 aromatic carbocycles. The SMILES string of the molecule is CCC(CONC)C(C(C)C)C(C)(C)C. The Balaban J connectivity index is 4.56. The van der Waals surface area contributed by atoms with Gasteiger partial charge in [-0.15, -0.1) is 0 Å². The zero-order chi connectivity index (χ0) is 12.1. The fourth-order valence-corrected chi connectivity index (χ4v) is 2.92. The summed E-state index contributed by atoms with van der Waals surface area (Å²) >= 11 is 0. The summed E-state index contributed by atoms with van der Waals surface area (Å²) in [6.07, 6.45) is 1.18. The van der Waals surface area contributed by atoms with Crippen molar-refractivity contribution in [1.82, 2.24) is 5.48 Å². The summed E-state index contributed by atoms with van der Waals surface area (Å²) in [6, 6.07) is 0. The third-order valence-corrected chi connectivity index (χ3v) is 3.19. The minimum atomic E-state index is 0.353. The molecule has 0 saturated carbocycles. The fraction of sp³-hybridized carbons (Fsp3) is 1.00. The van der Waals surface area contributed by atoms with Crippen molar-refractivity contribution in [3.8, 4) is 0 Å². The van der Waals surface area contributed by atoms with Crippen LogP contribution < -0.4 is 5.48 Å². The molecule has 0 amide bonds. The number of hydroxylamine groups is 1. The second-order valence-electron chi connectivity index (χ2n) is 5.82. The van der Waals surface area contributed by atoms with Crippen molar-refractivity contribution in [3.05, 3.63) is 0 Å². The summed E-state index contributed by atoms with van der Waals surface area (Å²) < 4.78 is 0. The van der Waals surface area contributed by atoms with Crippen LogP contribution in [-0.2, 0) is 4.84 Å². The number of nitrogens with one attached hydrogen (secondary N) is 1. The lowest BCUT2D eigenvalue weighted by atomic mass is 9.67.